The molecule has 0 aliphatic carbocycles. The molecule has 3 aromatic heterocycles. The van der Waals surface area contributed by atoms with Crippen molar-refractivity contribution in [3.8, 4) is 21.6 Å². The SMILES string of the molecule is CCc1nc2c(-c3cc(-c4ccccc4)cs3)c[nH]n2c(=O)c1Cl. The first kappa shape index (κ1) is 15.2. The number of nitrogens with one attached hydrogen (secondary N) is 1. The van der Waals surface area contributed by atoms with E-state index in [0.29, 0.717) is 17.8 Å². The van der Waals surface area contributed by atoms with Gasteiger partial charge in [0, 0.05) is 11.1 Å². The molecule has 1 N–H and O–H groups in total. The summed E-state index contributed by atoms with van der Waals surface area (Å²) in [5.74, 6) is 0. The Morgan fingerprint density at radius 1 is 1.25 bits per heavy atom. The number of thiophene rings is 1. The van der Waals surface area contributed by atoms with Gasteiger partial charge in [-0.3, -0.25) is 9.89 Å². The number of benzene rings is 1. The van der Waals surface area contributed by atoms with Crippen LogP contribution in [-0.4, -0.2) is 14.6 Å². The summed E-state index contributed by atoms with van der Waals surface area (Å²) in [6.07, 6.45) is 2.43. The van der Waals surface area contributed by atoms with Crippen molar-refractivity contribution < 1.29 is 0 Å². The van der Waals surface area contributed by atoms with E-state index >= 15 is 0 Å². The zero-order chi connectivity index (χ0) is 16.7. The molecule has 4 aromatic rings. The molecule has 6 heteroatoms. The highest BCUT2D eigenvalue weighted by molar-refractivity contribution is 7.14. The van der Waals surface area contributed by atoms with Crippen LogP contribution in [0.4, 0.5) is 0 Å². The molecular weight excluding hydrogens is 342 g/mol. The number of nitrogens with zero attached hydrogens (tertiary/aromatic N) is 2. The Hall–Kier alpha value is -2.37. The third-order valence-electron chi connectivity index (χ3n) is 3.98. The molecule has 0 spiro atoms. The van der Waals surface area contributed by atoms with Crippen LogP contribution in [-0.2, 0) is 6.42 Å². The molecule has 1 aromatic carbocycles. The Morgan fingerprint density at radius 3 is 2.79 bits per heavy atom. The van der Waals surface area contributed by atoms with Gasteiger partial charge in [-0.2, -0.15) is 4.52 Å². The van der Waals surface area contributed by atoms with Crippen LogP contribution in [0.2, 0.25) is 5.02 Å². The number of hydrogen-bond donors (Lipinski definition) is 1. The molecule has 4 nitrogen and oxygen atoms in total. The van der Waals surface area contributed by atoms with Crippen LogP contribution in [0.25, 0.3) is 27.2 Å². The lowest BCUT2D eigenvalue weighted by molar-refractivity contribution is 0.876. The summed E-state index contributed by atoms with van der Waals surface area (Å²) in [5, 5.41) is 5.25. The lowest BCUT2D eigenvalue weighted by Crippen LogP contribution is -2.17. The third-order valence-corrected chi connectivity index (χ3v) is 5.33. The van der Waals surface area contributed by atoms with Gasteiger partial charge in [-0.05, 0) is 29.0 Å². The normalized spacial score (nSPS) is 11.2. The molecule has 0 amide bonds. The molecule has 120 valence electrons. The van der Waals surface area contributed by atoms with E-state index in [1.165, 1.54) is 10.1 Å². The van der Waals surface area contributed by atoms with Crippen LogP contribution in [0, 0.1) is 0 Å². The Bertz CT molecular complexity index is 1080. The average Bonchev–Trinajstić information content (AvgIpc) is 3.25. The topological polar surface area (TPSA) is 50.2 Å². The number of aromatic amines is 1. The van der Waals surface area contributed by atoms with Crippen molar-refractivity contribution in [3.05, 3.63) is 69.0 Å². The van der Waals surface area contributed by atoms with Crippen LogP contribution in [0.5, 0.6) is 0 Å². The van der Waals surface area contributed by atoms with E-state index in [9.17, 15) is 4.79 Å². The molecule has 4 rings (SSSR count). The average molecular weight is 356 g/mol. The maximum absolute atomic E-state index is 12.3. The van der Waals surface area contributed by atoms with E-state index < -0.39 is 0 Å². The molecule has 24 heavy (non-hydrogen) atoms. The standard InChI is InChI=1S/C18H14ClN3OS/c1-2-14-16(19)18(23)22-17(21-14)13(9-20-22)15-8-12(10-24-15)11-6-4-3-5-7-11/h3-10,20H,2H2,1H3. The number of rotatable bonds is 3. The van der Waals surface area contributed by atoms with Gasteiger partial charge >= 0.3 is 0 Å². The molecule has 0 bridgehead atoms. The zero-order valence-electron chi connectivity index (χ0n) is 12.9. The summed E-state index contributed by atoms with van der Waals surface area (Å²) in [7, 11) is 0. The summed E-state index contributed by atoms with van der Waals surface area (Å²) in [6, 6.07) is 12.3. The molecule has 0 aliphatic rings. The van der Waals surface area contributed by atoms with E-state index in [0.717, 1.165) is 16.0 Å². The summed E-state index contributed by atoms with van der Waals surface area (Å²) in [6.45, 7) is 1.94. The van der Waals surface area contributed by atoms with E-state index in [-0.39, 0.29) is 10.6 Å². The highest BCUT2D eigenvalue weighted by atomic mass is 35.5. The maximum atomic E-state index is 12.3. The van der Waals surface area contributed by atoms with E-state index in [1.54, 1.807) is 17.5 Å². The minimum Gasteiger partial charge on any atom is -0.296 e. The first-order chi connectivity index (χ1) is 11.7. The van der Waals surface area contributed by atoms with Crippen LogP contribution in [0.15, 0.2) is 52.8 Å². The largest absolute Gasteiger partial charge is 0.296 e. The zero-order valence-corrected chi connectivity index (χ0v) is 14.5. The van der Waals surface area contributed by atoms with Gasteiger partial charge in [0.05, 0.1) is 11.3 Å². The molecule has 0 unspecified atom stereocenters. The smallest absolute Gasteiger partial charge is 0.291 e. The van der Waals surface area contributed by atoms with E-state index in [2.05, 4.69) is 33.7 Å². The van der Waals surface area contributed by atoms with Crippen LogP contribution < -0.4 is 5.56 Å². The number of aromatic nitrogens is 3. The Labute approximate surface area is 147 Å². The van der Waals surface area contributed by atoms with Crippen molar-refractivity contribution in [1.29, 1.82) is 0 Å². The Balaban J connectivity index is 1.88. The first-order valence-corrected chi connectivity index (χ1v) is 8.87. The van der Waals surface area contributed by atoms with Gasteiger partial charge in [0.25, 0.3) is 5.56 Å². The van der Waals surface area contributed by atoms with Gasteiger partial charge in [-0.15, -0.1) is 11.3 Å². The molecule has 0 radical (unpaired) electrons. The fourth-order valence-electron chi connectivity index (χ4n) is 2.71. The van der Waals surface area contributed by atoms with Crippen LogP contribution in [0.1, 0.15) is 12.6 Å². The van der Waals surface area contributed by atoms with E-state index in [4.69, 9.17) is 11.6 Å². The molecular formula is C18H14ClN3OS. The van der Waals surface area contributed by atoms with Crippen molar-refractivity contribution in [2.75, 3.05) is 0 Å². The highest BCUT2D eigenvalue weighted by Gasteiger charge is 2.16. The van der Waals surface area contributed by atoms with Crippen molar-refractivity contribution in [1.82, 2.24) is 14.6 Å². The molecule has 3 heterocycles. The molecule has 0 aliphatic heterocycles. The van der Waals surface area contributed by atoms with Gasteiger partial charge < -0.3 is 0 Å². The lowest BCUT2D eigenvalue weighted by Gasteiger charge is -2.02. The summed E-state index contributed by atoms with van der Waals surface area (Å²) in [5.41, 5.74) is 4.21. The van der Waals surface area contributed by atoms with Crippen LogP contribution >= 0.6 is 22.9 Å². The van der Waals surface area contributed by atoms with Gasteiger partial charge in [-0.1, -0.05) is 48.9 Å². The van der Waals surface area contributed by atoms with Gasteiger partial charge in [0.2, 0.25) is 0 Å². The third kappa shape index (κ3) is 2.37. The van der Waals surface area contributed by atoms with Crippen molar-refractivity contribution in [2.24, 2.45) is 0 Å². The summed E-state index contributed by atoms with van der Waals surface area (Å²) in [4.78, 5) is 18.0. The monoisotopic (exact) mass is 355 g/mol. The van der Waals surface area contributed by atoms with Gasteiger partial charge in [0.15, 0.2) is 5.65 Å². The molecule has 0 atom stereocenters. The number of H-pyrrole nitrogens is 1. The molecule has 0 saturated heterocycles. The second-order valence-corrected chi connectivity index (χ2v) is 6.73. The Kier molecular flexibility index (Phi) is 3.75. The quantitative estimate of drug-likeness (QED) is 0.582. The highest BCUT2D eigenvalue weighted by Crippen LogP contribution is 2.34. The number of fused-ring (bicyclic) bond motifs is 1. The second-order valence-electron chi connectivity index (χ2n) is 5.44. The minimum atomic E-state index is -0.260. The van der Waals surface area contributed by atoms with E-state index in [1.807, 2.05) is 25.1 Å². The van der Waals surface area contributed by atoms with Gasteiger partial charge in [-0.25, -0.2) is 4.98 Å². The van der Waals surface area contributed by atoms with Crippen molar-refractivity contribution in [2.45, 2.75) is 13.3 Å². The predicted octanol–water partition coefficient (Wildman–Crippen LogP) is 4.63. The fraction of sp³-hybridized carbons (Fsp3) is 0.111. The molecule has 0 fully saturated rings. The maximum Gasteiger partial charge on any atom is 0.291 e. The van der Waals surface area contributed by atoms with Crippen molar-refractivity contribution in [3.63, 3.8) is 0 Å². The van der Waals surface area contributed by atoms with Gasteiger partial charge in [0.1, 0.15) is 5.02 Å². The number of aryl methyl sites for hydroxylation is 1. The predicted molar refractivity (Wildman–Crippen MR) is 98.9 cm³/mol. The van der Waals surface area contributed by atoms with Crippen LogP contribution in [0.3, 0.4) is 0 Å². The Morgan fingerprint density at radius 2 is 2.04 bits per heavy atom. The first-order valence-electron chi connectivity index (χ1n) is 7.62. The fourth-order valence-corrected chi connectivity index (χ4v) is 3.90. The lowest BCUT2D eigenvalue weighted by atomic mass is 10.1. The number of hydrogen-bond acceptors (Lipinski definition) is 3. The summed E-state index contributed by atoms with van der Waals surface area (Å²) < 4.78 is 1.40. The van der Waals surface area contributed by atoms with Crippen molar-refractivity contribution >= 4 is 28.6 Å². The second kappa shape index (κ2) is 5.92. The number of halogens is 1. The minimum absolute atomic E-state index is 0.180. The molecule has 0 saturated carbocycles. The summed E-state index contributed by atoms with van der Waals surface area (Å²) >= 11 is 7.73.